The van der Waals surface area contributed by atoms with E-state index in [1.165, 1.54) is 12.3 Å². The fraction of sp³-hybridized carbons (Fsp3) is 0.444. The van der Waals surface area contributed by atoms with Crippen LogP contribution in [-0.4, -0.2) is 23.3 Å². The predicted molar refractivity (Wildman–Crippen MR) is 45.6 cm³/mol. The number of aromatic nitrogens is 1. The molecule has 1 rings (SSSR count). The van der Waals surface area contributed by atoms with E-state index >= 15 is 0 Å². The zero-order valence-electron chi connectivity index (χ0n) is 7.40. The second-order valence-electron chi connectivity index (χ2n) is 2.61. The summed E-state index contributed by atoms with van der Waals surface area (Å²) in [5, 5.41) is 9.44. The Kier molecular flexibility index (Phi) is 3.79. The number of aliphatic hydroxyl groups is 1. The van der Waals surface area contributed by atoms with Crippen molar-refractivity contribution in [3.63, 3.8) is 0 Å². The van der Waals surface area contributed by atoms with Crippen molar-refractivity contribution in [1.29, 1.82) is 0 Å². The van der Waals surface area contributed by atoms with Gasteiger partial charge >= 0.3 is 0 Å². The molecule has 0 bridgehead atoms. The van der Waals surface area contributed by atoms with Crippen molar-refractivity contribution in [2.24, 2.45) is 0 Å². The molecular formula is C9H12FNO2. The Morgan fingerprint density at radius 3 is 3.00 bits per heavy atom. The first-order chi connectivity index (χ1) is 6.24. The normalized spacial score (nSPS) is 12.8. The number of ether oxygens (including phenoxy) is 1. The van der Waals surface area contributed by atoms with Crippen LogP contribution >= 0.6 is 0 Å². The van der Waals surface area contributed by atoms with Crippen LogP contribution in [0.2, 0.25) is 0 Å². The van der Waals surface area contributed by atoms with Crippen LogP contribution in [0.3, 0.4) is 0 Å². The Morgan fingerprint density at radius 2 is 2.38 bits per heavy atom. The molecule has 0 aromatic carbocycles. The second-order valence-corrected chi connectivity index (χ2v) is 2.61. The minimum atomic E-state index is -0.803. The largest absolute Gasteiger partial charge is 0.386 e. The van der Waals surface area contributed by atoms with Crippen molar-refractivity contribution in [2.75, 3.05) is 13.2 Å². The van der Waals surface area contributed by atoms with Crippen molar-refractivity contribution in [3.05, 3.63) is 29.8 Å². The van der Waals surface area contributed by atoms with Gasteiger partial charge in [0.25, 0.3) is 0 Å². The van der Waals surface area contributed by atoms with Gasteiger partial charge in [0.15, 0.2) is 0 Å². The minimum absolute atomic E-state index is 0.168. The molecule has 1 unspecified atom stereocenters. The van der Waals surface area contributed by atoms with Gasteiger partial charge in [-0.15, -0.1) is 0 Å². The van der Waals surface area contributed by atoms with Crippen LogP contribution in [0.15, 0.2) is 18.5 Å². The highest BCUT2D eigenvalue weighted by molar-refractivity contribution is 5.13. The lowest BCUT2D eigenvalue weighted by Gasteiger charge is -2.09. The maximum absolute atomic E-state index is 12.6. The zero-order chi connectivity index (χ0) is 9.68. The monoisotopic (exact) mass is 185 g/mol. The van der Waals surface area contributed by atoms with Crippen LogP contribution in [-0.2, 0) is 4.74 Å². The van der Waals surface area contributed by atoms with Gasteiger partial charge in [0.2, 0.25) is 0 Å². The van der Waals surface area contributed by atoms with Crippen molar-refractivity contribution in [1.82, 2.24) is 4.98 Å². The van der Waals surface area contributed by atoms with Gasteiger partial charge < -0.3 is 9.84 Å². The fourth-order valence-electron chi connectivity index (χ4n) is 0.936. The summed E-state index contributed by atoms with van der Waals surface area (Å²) < 4.78 is 17.6. The topological polar surface area (TPSA) is 42.4 Å². The van der Waals surface area contributed by atoms with Crippen LogP contribution in [0.4, 0.5) is 4.39 Å². The molecule has 0 amide bonds. The van der Waals surface area contributed by atoms with E-state index in [0.29, 0.717) is 12.2 Å². The Balaban J connectivity index is 2.60. The van der Waals surface area contributed by atoms with E-state index in [9.17, 15) is 9.50 Å². The molecule has 13 heavy (non-hydrogen) atoms. The fourth-order valence-corrected chi connectivity index (χ4v) is 0.936. The van der Waals surface area contributed by atoms with Gasteiger partial charge in [0.1, 0.15) is 11.9 Å². The maximum atomic E-state index is 12.6. The molecule has 0 aliphatic heterocycles. The van der Waals surface area contributed by atoms with Gasteiger partial charge in [-0.05, 0) is 13.0 Å². The van der Waals surface area contributed by atoms with Crippen molar-refractivity contribution in [2.45, 2.75) is 13.0 Å². The summed E-state index contributed by atoms with van der Waals surface area (Å²) in [5.41, 5.74) is 0.438. The second kappa shape index (κ2) is 4.89. The van der Waals surface area contributed by atoms with Crippen LogP contribution in [0.5, 0.6) is 0 Å². The molecule has 0 radical (unpaired) electrons. The van der Waals surface area contributed by atoms with Crippen molar-refractivity contribution in [3.8, 4) is 0 Å². The molecular weight excluding hydrogens is 173 g/mol. The van der Waals surface area contributed by atoms with Gasteiger partial charge in [-0.3, -0.25) is 4.98 Å². The standard InChI is InChI=1S/C9H12FNO2/c1-2-13-6-9(12)7-3-8(10)5-11-4-7/h3-5,9,12H,2,6H2,1H3. The molecule has 1 heterocycles. The Hall–Kier alpha value is -1.00. The summed E-state index contributed by atoms with van der Waals surface area (Å²) >= 11 is 0. The minimum Gasteiger partial charge on any atom is -0.386 e. The molecule has 0 fully saturated rings. The molecule has 0 spiro atoms. The third kappa shape index (κ3) is 3.08. The molecule has 1 aromatic heterocycles. The molecule has 3 nitrogen and oxygen atoms in total. The summed E-state index contributed by atoms with van der Waals surface area (Å²) in [6, 6.07) is 1.25. The third-order valence-corrected chi connectivity index (χ3v) is 1.59. The Morgan fingerprint density at radius 1 is 1.62 bits per heavy atom. The molecule has 72 valence electrons. The quantitative estimate of drug-likeness (QED) is 0.768. The van der Waals surface area contributed by atoms with Crippen LogP contribution in [0.1, 0.15) is 18.6 Å². The zero-order valence-corrected chi connectivity index (χ0v) is 7.40. The van der Waals surface area contributed by atoms with E-state index < -0.39 is 11.9 Å². The van der Waals surface area contributed by atoms with Gasteiger partial charge in [0, 0.05) is 18.4 Å². The average Bonchev–Trinajstić information content (AvgIpc) is 2.14. The summed E-state index contributed by atoms with van der Waals surface area (Å²) in [6.45, 7) is 2.53. The number of halogens is 1. The molecule has 1 N–H and O–H groups in total. The lowest BCUT2D eigenvalue weighted by Crippen LogP contribution is -2.07. The van der Waals surface area contributed by atoms with Crippen LogP contribution in [0.25, 0.3) is 0 Å². The third-order valence-electron chi connectivity index (χ3n) is 1.59. The first-order valence-corrected chi connectivity index (χ1v) is 4.10. The maximum Gasteiger partial charge on any atom is 0.141 e. The smallest absolute Gasteiger partial charge is 0.141 e. The molecule has 0 saturated carbocycles. The number of pyridine rings is 1. The summed E-state index contributed by atoms with van der Waals surface area (Å²) in [5.74, 6) is -0.451. The highest BCUT2D eigenvalue weighted by atomic mass is 19.1. The SMILES string of the molecule is CCOCC(O)c1cncc(F)c1. The molecule has 0 aliphatic rings. The van der Waals surface area contributed by atoms with Gasteiger partial charge in [-0.25, -0.2) is 4.39 Å². The lowest BCUT2D eigenvalue weighted by atomic mass is 10.2. The number of nitrogens with zero attached hydrogens (tertiary/aromatic N) is 1. The summed E-state index contributed by atoms with van der Waals surface area (Å²) in [6.07, 6.45) is 1.71. The highest BCUT2D eigenvalue weighted by Crippen LogP contribution is 2.12. The van der Waals surface area contributed by atoms with Gasteiger partial charge in [-0.1, -0.05) is 0 Å². The van der Waals surface area contributed by atoms with Gasteiger partial charge in [0.05, 0.1) is 12.8 Å². The number of hydrogen-bond acceptors (Lipinski definition) is 3. The summed E-state index contributed by atoms with van der Waals surface area (Å²) in [4.78, 5) is 3.62. The highest BCUT2D eigenvalue weighted by Gasteiger charge is 2.08. The first kappa shape index (κ1) is 10.1. The Labute approximate surface area is 76.2 Å². The predicted octanol–water partition coefficient (Wildman–Crippen LogP) is 1.29. The van der Waals surface area contributed by atoms with Crippen molar-refractivity contribution >= 4 is 0 Å². The molecule has 1 aromatic rings. The van der Waals surface area contributed by atoms with Crippen molar-refractivity contribution < 1.29 is 14.2 Å². The van der Waals surface area contributed by atoms with Crippen LogP contribution in [0, 0.1) is 5.82 Å². The first-order valence-electron chi connectivity index (χ1n) is 4.10. The van der Waals surface area contributed by atoms with E-state index in [4.69, 9.17) is 4.74 Å². The van der Waals surface area contributed by atoms with E-state index in [1.807, 2.05) is 6.92 Å². The van der Waals surface area contributed by atoms with E-state index in [2.05, 4.69) is 4.98 Å². The molecule has 0 aliphatic carbocycles. The van der Waals surface area contributed by atoms with E-state index in [-0.39, 0.29) is 6.61 Å². The number of rotatable bonds is 4. The van der Waals surface area contributed by atoms with Gasteiger partial charge in [-0.2, -0.15) is 0 Å². The summed E-state index contributed by atoms with van der Waals surface area (Å²) in [7, 11) is 0. The molecule has 4 heteroatoms. The average molecular weight is 185 g/mol. The van der Waals surface area contributed by atoms with E-state index in [0.717, 1.165) is 6.20 Å². The van der Waals surface area contributed by atoms with E-state index in [1.54, 1.807) is 0 Å². The number of aliphatic hydroxyl groups excluding tert-OH is 1. The number of hydrogen-bond donors (Lipinski definition) is 1. The van der Waals surface area contributed by atoms with Crippen LogP contribution < -0.4 is 0 Å². The molecule has 0 saturated heterocycles. The lowest BCUT2D eigenvalue weighted by molar-refractivity contribution is 0.0417. The Bertz CT molecular complexity index is 268. The molecule has 1 atom stereocenters.